The highest BCUT2D eigenvalue weighted by Crippen LogP contribution is 2.38. The molecule has 3 nitrogen and oxygen atoms in total. The molecule has 0 radical (unpaired) electrons. The second kappa shape index (κ2) is 5.21. The largest absolute Gasteiger partial charge is 0.319 e. The van der Waals surface area contributed by atoms with Crippen molar-refractivity contribution in [2.45, 2.75) is 58.3 Å². The summed E-state index contributed by atoms with van der Waals surface area (Å²) < 4.78 is 0. The first-order chi connectivity index (χ1) is 9.61. The summed E-state index contributed by atoms with van der Waals surface area (Å²) >= 11 is 0. The highest BCUT2D eigenvalue weighted by Gasteiger charge is 2.47. The third-order valence-electron chi connectivity index (χ3n) is 4.45. The van der Waals surface area contributed by atoms with Crippen molar-refractivity contribution in [1.29, 1.82) is 0 Å². The van der Waals surface area contributed by atoms with E-state index in [2.05, 4.69) is 55.3 Å². The summed E-state index contributed by atoms with van der Waals surface area (Å²) in [6.45, 7) is 6.39. The van der Waals surface area contributed by atoms with Gasteiger partial charge in [0.15, 0.2) is 0 Å². The molecule has 2 aliphatic rings. The van der Waals surface area contributed by atoms with E-state index in [0.29, 0.717) is 12.0 Å². The van der Waals surface area contributed by atoms with Crippen LogP contribution in [0.3, 0.4) is 0 Å². The van der Waals surface area contributed by atoms with Crippen molar-refractivity contribution in [3.63, 3.8) is 0 Å². The Morgan fingerprint density at radius 3 is 2.40 bits per heavy atom. The van der Waals surface area contributed by atoms with Crippen molar-refractivity contribution < 1.29 is 4.79 Å². The number of hydrogen-bond acceptors (Lipinski definition) is 2. The van der Waals surface area contributed by atoms with Gasteiger partial charge >= 0.3 is 0 Å². The van der Waals surface area contributed by atoms with E-state index in [1.807, 2.05) is 0 Å². The summed E-state index contributed by atoms with van der Waals surface area (Å²) in [5.41, 5.74) is 2.56. The van der Waals surface area contributed by atoms with Crippen LogP contribution in [0.15, 0.2) is 24.3 Å². The molecule has 108 valence electrons. The smallest absolute Gasteiger partial charge is 0.241 e. The van der Waals surface area contributed by atoms with Gasteiger partial charge in [0.2, 0.25) is 5.91 Å². The Labute approximate surface area is 121 Å². The third kappa shape index (κ3) is 2.35. The van der Waals surface area contributed by atoms with Crippen LogP contribution in [-0.2, 0) is 11.2 Å². The van der Waals surface area contributed by atoms with E-state index in [-0.39, 0.29) is 18.1 Å². The molecule has 1 aromatic rings. The first kappa shape index (κ1) is 13.6. The van der Waals surface area contributed by atoms with Crippen molar-refractivity contribution in [3.05, 3.63) is 35.4 Å². The van der Waals surface area contributed by atoms with Gasteiger partial charge in [-0.1, -0.05) is 45.0 Å². The van der Waals surface area contributed by atoms with Crippen molar-refractivity contribution >= 4 is 5.91 Å². The lowest BCUT2D eigenvalue weighted by Crippen LogP contribution is -2.35. The van der Waals surface area contributed by atoms with Crippen molar-refractivity contribution in [1.82, 2.24) is 10.2 Å². The summed E-state index contributed by atoms with van der Waals surface area (Å²) in [5, 5.41) is 3.54. The number of aryl methyl sites for hydroxylation is 1. The predicted octanol–water partition coefficient (Wildman–Crippen LogP) is 2.87. The lowest BCUT2D eigenvalue weighted by Gasteiger charge is -2.24. The molecular weight excluding hydrogens is 248 g/mol. The fraction of sp³-hybridized carbons (Fsp3) is 0.588. The van der Waals surface area contributed by atoms with Gasteiger partial charge in [0.1, 0.15) is 6.17 Å². The molecule has 0 aromatic heterocycles. The molecule has 1 aliphatic heterocycles. The second-order valence-electron chi connectivity index (χ2n) is 6.36. The molecule has 3 heteroatoms. The van der Waals surface area contributed by atoms with Crippen LogP contribution in [0, 0.1) is 5.92 Å². The number of carbonyl (C=O) groups excluding carboxylic acids is 1. The SMILES string of the molecule is CCc1ccc(C2NC(C(C)C)C(=O)N2C2CC2)cc1. The van der Waals surface area contributed by atoms with E-state index in [9.17, 15) is 4.79 Å². The van der Waals surface area contributed by atoms with Crippen molar-refractivity contribution in [2.75, 3.05) is 0 Å². The standard InChI is InChI=1S/C17H24N2O/c1-4-12-5-7-13(8-6-12)16-18-15(11(2)3)17(20)19(16)14-9-10-14/h5-8,11,14-16,18H,4,9-10H2,1-3H3. The molecule has 2 fully saturated rings. The van der Waals surface area contributed by atoms with Crippen LogP contribution in [0.2, 0.25) is 0 Å². The van der Waals surface area contributed by atoms with E-state index in [1.165, 1.54) is 11.1 Å². The van der Waals surface area contributed by atoms with Gasteiger partial charge < -0.3 is 4.90 Å². The Bertz CT molecular complexity index is 490. The summed E-state index contributed by atoms with van der Waals surface area (Å²) in [7, 11) is 0. The molecule has 0 spiro atoms. The zero-order valence-electron chi connectivity index (χ0n) is 12.6. The average Bonchev–Trinajstić information content (AvgIpc) is 3.22. The first-order valence-corrected chi connectivity index (χ1v) is 7.79. The maximum atomic E-state index is 12.6. The van der Waals surface area contributed by atoms with Crippen LogP contribution in [0.1, 0.15) is 50.9 Å². The number of hydrogen-bond donors (Lipinski definition) is 1. The minimum Gasteiger partial charge on any atom is -0.319 e. The number of nitrogens with zero attached hydrogens (tertiary/aromatic N) is 1. The Morgan fingerprint density at radius 1 is 1.25 bits per heavy atom. The molecule has 1 amide bonds. The van der Waals surface area contributed by atoms with Crippen LogP contribution >= 0.6 is 0 Å². The zero-order chi connectivity index (χ0) is 14.3. The highest BCUT2D eigenvalue weighted by molar-refractivity contribution is 5.85. The Hall–Kier alpha value is -1.35. The Morgan fingerprint density at radius 2 is 1.90 bits per heavy atom. The average molecular weight is 272 g/mol. The summed E-state index contributed by atoms with van der Waals surface area (Å²) in [4.78, 5) is 14.7. The summed E-state index contributed by atoms with van der Waals surface area (Å²) in [5.74, 6) is 0.621. The van der Waals surface area contributed by atoms with Crippen LogP contribution in [0.25, 0.3) is 0 Å². The maximum Gasteiger partial charge on any atom is 0.241 e. The molecule has 1 aliphatic carbocycles. The number of amides is 1. The van der Waals surface area contributed by atoms with E-state index in [4.69, 9.17) is 0 Å². The van der Waals surface area contributed by atoms with E-state index in [0.717, 1.165) is 19.3 Å². The quantitative estimate of drug-likeness (QED) is 0.914. The predicted molar refractivity (Wildman–Crippen MR) is 80.2 cm³/mol. The van der Waals surface area contributed by atoms with Crippen LogP contribution < -0.4 is 5.32 Å². The van der Waals surface area contributed by atoms with Crippen molar-refractivity contribution in [3.8, 4) is 0 Å². The van der Waals surface area contributed by atoms with E-state index in [1.54, 1.807) is 0 Å². The molecule has 1 saturated carbocycles. The van der Waals surface area contributed by atoms with Gasteiger partial charge in [0, 0.05) is 6.04 Å². The maximum absolute atomic E-state index is 12.6. The molecule has 0 bridgehead atoms. The normalized spacial score (nSPS) is 26.6. The minimum atomic E-state index is -0.0357. The Kier molecular flexibility index (Phi) is 3.55. The van der Waals surface area contributed by atoms with E-state index >= 15 is 0 Å². The summed E-state index contributed by atoms with van der Waals surface area (Å²) in [6, 6.07) is 9.11. The first-order valence-electron chi connectivity index (χ1n) is 7.79. The van der Waals surface area contributed by atoms with Crippen LogP contribution in [0.5, 0.6) is 0 Å². The van der Waals surface area contributed by atoms with Gasteiger partial charge in [-0.25, -0.2) is 0 Å². The van der Waals surface area contributed by atoms with Crippen molar-refractivity contribution in [2.24, 2.45) is 5.92 Å². The second-order valence-corrected chi connectivity index (χ2v) is 6.36. The number of nitrogens with one attached hydrogen (secondary N) is 1. The van der Waals surface area contributed by atoms with Gasteiger partial charge in [-0.2, -0.15) is 0 Å². The molecule has 3 rings (SSSR count). The van der Waals surface area contributed by atoms with Gasteiger partial charge in [-0.05, 0) is 36.3 Å². The molecule has 2 unspecified atom stereocenters. The fourth-order valence-electron chi connectivity index (χ4n) is 3.02. The molecule has 20 heavy (non-hydrogen) atoms. The lowest BCUT2D eigenvalue weighted by molar-refractivity contribution is -0.131. The van der Waals surface area contributed by atoms with E-state index < -0.39 is 0 Å². The molecule has 1 aromatic carbocycles. The van der Waals surface area contributed by atoms with Gasteiger partial charge in [0.25, 0.3) is 0 Å². The third-order valence-corrected chi connectivity index (χ3v) is 4.45. The molecule has 1 saturated heterocycles. The summed E-state index contributed by atoms with van der Waals surface area (Å²) in [6.07, 6.45) is 3.43. The topological polar surface area (TPSA) is 32.3 Å². The van der Waals surface area contributed by atoms with Crippen LogP contribution in [-0.4, -0.2) is 22.9 Å². The molecular formula is C17H24N2O. The number of carbonyl (C=O) groups is 1. The monoisotopic (exact) mass is 272 g/mol. The van der Waals surface area contributed by atoms with Gasteiger partial charge in [-0.15, -0.1) is 0 Å². The fourth-order valence-corrected chi connectivity index (χ4v) is 3.02. The van der Waals surface area contributed by atoms with Gasteiger partial charge in [-0.3, -0.25) is 10.1 Å². The molecule has 1 N–H and O–H groups in total. The highest BCUT2D eigenvalue weighted by atomic mass is 16.2. The number of rotatable bonds is 4. The molecule has 1 heterocycles. The minimum absolute atomic E-state index is 0.0357. The lowest BCUT2D eigenvalue weighted by atomic mass is 10.0. The Balaban J connectivity index is 1.87. The van der Waals surface area contributed by atoms with Crippen LogP contribution in [0.4, 0.5) is 0 Å². The number of benzene rings is 1. The zero-order valence-corrected chi connectivity index (χ0v) is 12.6. The van der Waals surface area contributed by atoms with Gasteiger partial charge in [0.05, 0.1) is 6.04 Å². The molecule has 2 atom stereocenters.